The minimum Gasteiger partial charge on any atom is -0.377 e. The standard InChI is InChI=1S/C27H38O/c1-3-5-7-9-22-10-15-27-20-26(17-16-25(27)19-22)24-13-11-23(12-14-24)21-28-18-8-6-4-2/h11-14,16-17,20,22H,3-10,15,18-19,21H2,1-2H3. The van der Waals surface area contributed by atoms with Crippen molar-refractivity contribution in [2.24, 2.45) is 5.92 Å². The molecule has 0 amide bonds. The van der Waals surface area contributed by atoms with Crippen LogP contribution < -0.4 is 0 Å². The number of ether oxygens (including phenoxy) is 1. The Labute approximate surface area is 172 Å². The number of benzene rings is 2. The summed E-state index contributed by atoms with van der Waals surface area (Å²) in [4.78, 5) is 0. The Kier molecular flexibility index (Phi) is 8.61. The summed E-state index contributed by atoms with van der Waals surface area (Å²) >= 11 is 0. The minimum absolute atomic E-state index is 0.730. The van der Waals surface area contributed by atoms with Crippen LogP contribution in [0.15, 0.2) is 42.5 Å². The first-order valence-corrected chi connectivity index (χ1v) is 11.6. The summed E-state index contributed by atoms with van der Waals surface area (Å²) in [7, 11) is 0. The zero-order valence-corrected chi connectivity index (χ0v) is 18.0. The number of fused-ring (bicyclic) bond motifs is 1. The monoisotopic (exact) mass is 378 g/mol. The maximum atomic E-state index is 5.79. The first-order chi connectivity index (χ1) is 13.8. The largest absolute Gasteiger partial charge is 0.377 e. The van der Waals surface area contributed by atoms with Crippen molar-refractivity contribution in [2.75, 3.05) is 6.61 Å². The third kappa shape index (κ3) is 6.21. The van der Waals surface area contributed by atoms with Crippen LogP contribution in [0.3, 0.4) is 0 Å². The normalized spacial score (nSPS) is 16.1. The van der Waals surface area contributed by atoms with E-state index < -0.39 is 0 Å². The first-order valence-electron chi connectivity index (χ1n) is 11.6. The summed E-state index contributed by atoms with van der Waals surface area (Å²) in [6.07, 6.45) is 13.1. The second-order valence-corrected chi connectivity index (χ2v) is 8.54. The van der Waals surface area contributed by atoms with Crippen LogP contribution >= 0.6 is 0 Å². The maximum absolute atomic E-state index is 5.79. The summed E-state index contributed by atoms with van der Waals surface area (Å²) < 4.78 is 5.79. The van der Waals surface area contributed by atoms with Gasteiger partial charge in [-0.25, -0.2) is 0 Å². The molecule has 0 N–H and O–H groups in total. The topological polar surface area (TPSA) is 9.23 Å². The second kappa shape index (κ2) is 11.4. The molecule has 2 aromatic carbocycles. The van der Waals surface area contributed by atoms with Gasteiger partial charge in [-0.2, -0.15) is 0 Å². The third-order valence-corrected chi connectivity index (χ3v) is 6.20. The van der Waals surface area contributed by atoms with Crippen molar-refractivity contribution in [1.29, 1.82) is 0 Å². The Morgan fingerprint density at radius 3 is 2.36 bits per heavy atom. The van der Waals surface area contributed by atoms with Crippen LogP contribution in [-0.2, 0) is 24.2 Å². The molecule has 0 bridgehead atoms. The smallest absolute Gasteiger partial charge is 0.0716 e. The fourth-order valence-corrected chi connectivity index (χ4v) is 4.38. The molecule has 0 saturated heterocycles. The van der Waals surface area contributed by atoms with Crippen molar-refractivity contribution in [1.82, 2.24) is 0 Å². The molecule has 1 atom stereocenters. The molecule has 3 rings (SSSR count). The van der Waals surface area contributed by atoms with E-state index in [1.54, 1.807) is 11.1 Å². The third-order valence-electron chi connectivity index (χ3n) is 6.20. The van der Waals surface area contributed by atoms with Crippen molar-refractivity contribution >= 4 is 0 Å². The zero-order chi connectivity index (χ0) is 19.6. The zero-order valence-electron chi connectivity index (χ0n) is 18.0. The predicted molar refractivity (Wildman–Crippen MR) is 121 cm³/mol. The van der Waals surface area contributed by atoms with Gasteiger partial charge < -0.3 is 4.74 Å². The van der Waals surface area contributed by atoms with E-state index >= 15 is 0 Å². The molecule has 28 heavy (non-hydrogen) atoms. The summed E-state index contributed by atoms with van der Waals surface area (Å²) in [5, 5.41) is 0. The molecule has 0 spiro atoms. The quantitative estimate of drug-likeness (QED) is 0.363. The highest BCUT2D eigenvalue weighted by Gasteiger charge is 2.18. The molecule has 0 aromatic heterocycles. The molecule has 152 valence electrons. The van der Waals surface area contributed by atoms with Gasteiger partial charge in [0.25, 0.3) is 0 Å². The number of aryl methyl sites for hydroxylation is 1. The van der Waals surface area contributed by atoms with Gasteiger partial charge in [-0.05, 0) is 59.4 Å². The molecule has 1 heteroatoms. The van der Waals surface area contributed by atoms with E-state index in [2.05, 4.69) is 56.3 Å². The van der Waals surface area contributed by atoms with E-state index in [0.29, 0.717) is 0 Å². The van der Waals surface area contributed by atoms with E-state index in [9.17, 15) is 0 Å². The highest BCUT2D eigenvalue weighted by molar-refractivity contribution is 5.65. The van der Waals surface area contributed by atoms with E-state index in [1.807, 2.05) is 0 Å². The molecule has 0 aliphatic heterocycles. The minimum atomic E-state index is 0.730. The molecule has 1 unspecified atom stereocenters. The number of rotatable bonds is 11. The number of hydrogen-bond acceptors (Lipinski definition) is 1. The molecule has 2 aromatic rings. The Bertz CT molecular complexity index is 701. The van der Waals surface area contributed by atoms with Gasteiger partial charge in [-0.3, -0.25) is 0 Å². The van der Waals surface area contributed by atoms with Gasteiger partial charge in [0.1, 0.15) is 0 Å². The molecule has 0 saturated carbocycles. The highest BCUT2D eigenvalue weighted by atomic mass is 16.5. The lowest BCUT2D eigenvalue weighted by Crippen LogP contribution is -2.14. The first kappa shape index (κ1) is 21.1. The fraction of sp³-hybridized carbons (Fsp3) is 0.556. The number of unbranched alkanes of at least 4 members (excludes halogenated alkanes) is 4. The van der Waals surface area contributed by atoms with E-state index in [0.717, 1.165) is 19.1 Å². The molecular formula is C27H38O. The van der Waals surface area contributed by atoms with Gasteiger partial charge >= 0.3 is 0 Å². The molecule has 1 aliphatic carbocycles. The average molecular weight is 379 g/mol. The summed E-state index contributed by atoms with van der Waals surface area (Å²) in [5.74, 6) is 0.904. The van der Waals surface area contributed by atoms with Crippen molar-refractivity contribution in [3.05, 3.63) is 59.2 Å². The Morgan fingerprint density at radius 1 is 0.821 bits per heavy atom. The van der Waals surface area contributed by atoms with Crippen LogP contribution in [0.5, 0.6) is 0 Å². The lowest BCUT2D eigenvalue weighted by atomic mass is 9.80. The van der Waals surface area contributed by atoms with Crippen LogP contribution in [0.4, 0.5) is 0 Å². The van der Waals surface area contributed by atoms with Crippen LogP contribution in [0.25, 0.3) is 11.1 Å². The summed E-state index contributed by atoms with van der Waals surface area (Å²) in [5.41, 5.74) is 7.12. The molecule has 0 radical (unpaired) electrons. The second-order valence-electron chi connectivity index (χ2n) is 8.54. The summed E-state index contributed by atoms with van der Waals surface area (Å²) in [6.45, 7) is 6.13. The molecular weight excluding hydrogens is 340 g/mol. The van der Waals surface area contributed by atoms with Crippen molar-refractivity contribution < 1.29 is 4.74 Å². The van der Waals surface area contributed by atoms with Gasteiger partial charge in [-0.1, -0.05) is 94.8 Å². The Morgan fingerprint density at radius 2 is 1.57 bits per heavy atom. The van der Waals surface area contributed by atoms with Crippen LogP contribution in [-0.4, -0.2) is 6.61 Å². The predicted octanol–water partition coefficient (Wildman–Crippen LogP) is 7.75. The van der Waals surface area contributed by atoms with Crippen LogP contribution in [0.1, 0.15) is 81.9 Å². The van der Waals surface area contributed by atoms with Crippen molar-refractivity contribution in [3.8, 4) is 11.1 Å². The van der Waals surface area contributed by atoms with Gasteiger partial charge in [0.05, 0.1) is 6.61 Å². The van der Waals surface area contributed by atoms with Crippen molar-refractivity contribution in [2.45, 2.75) is 84.7 Å². The molecule has 1 nitrogen and oxygen atoms in total. The average Bonchev–Trinajstić information content (AvgIpc) is 2.74. The van der Waals surface area contributed by atoms with Crippen LogP contribution in [0.2, 0.25) is 0 Å². The van der Waals surface area contributed by atoms with E-state index in [1.165, 1.54) is 80.9 Å². The number of hydrogen-bond donors (Lipinski definition) is 0. The lowest BCUT2D eigenvalue weighted by molar-refractivity contribution is 0.117. The van der Waals surface area contributed by atoms with Gasteiger partial charge in [0.15, 0.2) is 0 Å². The highest BCUT2D eigenvalue weighted by Crippen LogP contribution is 2.32. The van der Waals surface area contributed by atoms with Crippen molar-refractivity contribution in [3.63, 3.8) is 0 Å². The molecule has 0 heterocycles. The van der Waals surface area contributed by atoms with E-state index in [4.69, 9.17) is 4.74 Å². The fourth-order valence-electron chi connectivity index (χ4n) is 4.38. The maximum Gasteiger partial charge on any atom is 0.0716 e. The Balaban J connectivity index is 1.55. The SMILES string of the molecule is CCCCCOCc1ccc(-c2ccc3c(c2)CCC(CCCCC)C3)cc1. The van der Waals surface area contributed by atoms with Gasteiger partial charge in [0, 0.05) is 6.61 Å². The van der Waals surface area contributed by atoms with Crippen LogP contribution in [0, 0.1) is 5.92 Å². The molecule has 1 aliphatic rings. The van der Waals surface area contributed by atoms with Gasteiger partial charge in [0.2, 0.25) is 0 Å². The lowest BCUT2D eigenvalue weighted by Gasteiger charge is -2.25. The van der Waals surface area contributed by atoms with E-state index in [-0.39, 0.29) is 0 Å². The Hall–Kier alpha value is -1.60. The summed E-state index contributed by atoms with van der Waals surface area (Å²) in [6, 6.07) is 16.1. The molecule has 0 fully saturated rings. The van der Waals surface area contributed by atoms with Gasteiger partial charge in [-0.15, -0.1) is 0 Å².